The SMILES string of the molecule is [2H]C([2H])([2H])Oc1ncc2ncnc(Nc3ccc(Oc4ccc5ccnn5c4)c(C)c3)c2c1O[C@H]1CCN(C)CC1(F)F. The number of piperidine rings is 1. The van der Waals surface area contributed by atoms with Crippen molar-refractivity contribution < 1.29 is 27.1 Å². The number of aryl methyl sites for hydroxylation is 1. The molecule has 206 valence electrons. The van der Waals surface area contributed by atoms with Crippen molar-refractivity contribution in [1.82, 2.24) is 29.5 Å². The zero-order valence-corrected chi connectivity index (χ0v) is 21.6. The zero-order chi connectivity index (χ0) is 30.4. The van der Waals surface area contributed by atoms with E-state index in [0.717, 1.165) is 11.1 Å². The number of nitrogens with one attached hydrogen (secondary N) is 1. The Hall–Kier alpha value is -4.58. The average Bonchev–Trinajstić information content (AvgIpc) is 3.40. The standard InChI is InChI=1S/C28H27F2N7O3/c1-17-12-18(4-7-22(17)39-20-6-5-19-8-10-34-37(19)14-20)35-26-24-21(32-16-33-26)13-31-27(38-3)25(24)40-23-9-11-36(2)15-28(23,29)30/h4-8,10,12-14,16,23H,9,11,15H2,1-3H3,(H,32,33,35)/t23-/m0/s1/i3D3. The third kappa shape index (κ3) is 4.93. The van der Waals surface area contributed by atoms with E-state index in [1.54, 1.807) is 36.1 Å². The van der Waals surface area contributed by atoms with E-state index < -0.39 is 31.5 Å². The molecule has 1 fully saturated rings. The van der Waals surface area contributed by atoms with Crippen LogP contribution in [0, 0.1) is 6.92 Å². The first kappa shape index (κ1) is 22.3. The molecular weight excluding hydrogens is 520 g/mol. The highest BCUT2D eigenvalue weighted by atomic mass is 19.3. The highest BCUT2D eigenvalue weighted by molar-refractivity contribution is 5.96. The second-order valence-corrected chi connectivity index (χ2v) is 9.64. The fourth-order valence-corrected chi connectivity index (χ4v) is 4.72. The molecule has 0 bridgehead atoms. The number of fused-ring (bicyclic) bond motifs is 2. The predicted molar refractivity (Wildman–Crippen MR) is 145 cm³/mol. The molecule has 1 saturated heterocycles. The van der Waals surface area contributed by atoms with Gasteiger partial charge >= 0.3 is 0 Å². The van der Waals surface area contributed by atoms with E-state index in [1.807, 2.05) is 31.2 Å². The molecule has 40 heavy (non-hydrogen) atoms. The van der Waals surface area contributed by atoms with Gasteiger partial charge in [-0.25, -0.2) is 28.2 Å². The van der Waals surface area contributed by atoms with Crippen LogP contribution in [0.15, 0.2) is 61.3 Å². The van der Waals surface area contributed by atoms with E-state index >= 15 is 8.78 Å². The Labute approximate surface area is 232 Å². The van der Waals surface area contributed by atoms with Gasteiger partial charge in [0, 0.05) is 24.8 Å². The van der Waals surface area contributed by atoms with Crippen LogP contribution in [-0.4, -0.2) is 68.7 Å². The lowest BCUT2D eigenvalue weighted by molar-refractivity contribution is -0.135. The van der Waals surface area contributed by atoms with Crippen molar-refractivity contribution in [2.45, 2.75) is 25.4 Å². The van der Waals surface area contributed by atoms with Crippen LogP contribution in [0.5, 0.6) is 23.1 Å². The van der Waals surface area contributed by atoms with Gasteiger partial charge in [0.05, 0.1) is 46.5 Å². The number of likely N-dealkylation sites (tertiary alicyclic amines) is 1. The summed E-state index contributed by atoms with van der Waals surface area (Å²) < 4.78 is 71.5. The Bertz CT molecular complexity index is 1800. The van der Waals surface area contributed by atoms with Crippen molar-refractivity contribution in [3.8, 4) is 23.1 Å². The molecule has 1 aromatic carbocycles. The van der Waals surface area contributed by atoms with Gasteiger partial charge in [-0.3, -0.25) is 0 Å². The highest BCUT2D eigenvalue weighted by Gasteiger charge is 2.46. The number of halogens is 2. The number of aromatic nitrogens is 5. The van der Waals surface area contributed by atoms with Crippen molar-refractivity contribution in [1.29, 1.82) is 0 Å². The average molecular weight is 551 g/mol. The van der Waals surface area contributed by atoms with Crippen LogP contribution in [0.25, 0.3) is 16.4 Å². The zero-order valence-electron chi connectivity index (χ0n) is 24.6. The van der Waals surface area contributed by atoms with Crippen molar-refractivity contribution >= 4 is 27.9 Å². The minimum absolute atomic E-state index is 0.00244. The highest BCUT2D eigenvalue weighted by Crippen LogP contribution is 2.41. The van der Waals surface area contributed by atoms with E-state index in [-0.39, 0.29) is 28.9 Å². The number of nitrogens with zero attached hydrogens (tertiary/aromatic N) is 6. The fraction of sp³-hybridized carbons (Fsp3) is 0.286. The molecule has 12 heteroatoms. The molecule has 0 spiro atoms. The molecule has 10 nitrogen and oxygen atoms in total. The Morgan fingerprint density at radius 1 is 1.15 bits per heavy atom. The Balaban J connectivity index is 1.34. The predicted octanol–water partition coefficient (Wildman–Crippen LogP) is 5.24. The minimum Gasteiger partial charge on any atom is -0.478 e. The van der Waals surface area contributed by atoms with Gasteiger partial charge in [-0.05, 0) is 55.9 Å². The number of benzene rings is 1. The summed E-state index contributed by atoms with van der Waals surface area (Å²) in [4.78, 5) is 14.1. The first-order chi connectivity index (χ1) is 20.4. The summed E-state index contributed by atoms with van der Waals surface area (Å²) in [5, 5.41) is 7.55. The quantitative estimate of drug-likeness (QED) is 0.292. The number of alkyl halides is 2. The maximum Gasteiger partial charge on any atom is 0.296 e. The van der Waals surface area contributed by atoms with Crippen molar-refractivity contribution in [2.24, 2.45) is 0 Å². The van der Waals surface area contributed by atoms with E-state index in [4.69, 9.17) is 18.3 Å². The third-order valence-electron chi connectivity index (χ3n) is 6.72. The van der Waals surface area contributed by atoms with E-state index in [9.17, 15) is 0 Å². The molecule has 5 aromatic rings. The lowest BCUT2D eigenvalue weighted by Crippen LogP contribution is -2.52. The smallest absolute Gasteiger partial charge is 0.296 e. The maximum atomic E-state index is 15.0. The monoisotopic (exact) mass is 550 g/mol. The number of hydrogen-bond donors (Lipinski definition) is 1. The molecule has 1 N–H and O–H groups in total. The van der Waals surface area contributed by atoms with Gasteiger partial charge in [-0.1, -0.05) is 0 Å². The molecule has 0 aliphatic carbocycles. The molecule has 4 aromatic heterocycles. The molecule has 0 unspecified atom stereocenters. The van der Waals surface area contributed by atoms with E-state index in [0.29, 0.717) is 23.7 Å². The third-order valence-corrected chi connectivity index (χ3v) is 6.72. The summed E-state index contributed by atoms with van der Waals surface area (Å²) in [6, 6.07) is 11.0. The van der Waals surface area contributed by atoms with Crippen molar-refractivity contribution in [3.05, 3.63) is 66.9 Å². The van der Waals surface area contributed by atoms with Crippen molar-refractivity contribution in [3.63, 3.8) is 0 Å². The van der Waals surface area contributed by atoms with Gasteiger partial charge in [0.15, 0.2) is 11.9 Å². The molecule has 0 saturated carbocycles. The largest absolute Gasteiger partial charge is 0.478 e. The Kier molecular flexibility index (Phi) is 5.67. The van der Waals surface area contributed by atoms with E-state index in [2.05, 4.69) is 25.4 Å². The summed E-state index contributed by atoms with van der Waals surface area (Å²) in [6.07, 6.45) is 4.48. The van der Waals surface area contributed by atoms with Crippen LogP contribution in [0.2, 0.25) is 0 Å². The van der Waals surface area contributed by atoms with Gasteiger partial charge in [0.1, 0.15) is 23.6 Å². The number of methoxy groups -OCH3 is 1. The molecule has 6 rings (SSSR count). The van der Waals surface area contributed by atoms with Gasteiger partial charge in [0.2, 0.25) is 0 Å². The van der Waals surface area contributed by atoms with Crippen LogP contribution in [0.1, 0.15) is 16.1 Å². The van der Waals surface area contributed by atoms with Crippen LogP contribution in [-0.2, 0) is 0 Å². The Morgan fingerprint density at radius 3 is 2.88 bits per heavy atom. The molecule has 1 aliphatic heterocycles. The van der Waals surface area contributed by atoms with Crippen LogP contribution in [0.4, 0.5) is 20.3 Å². The van der Waals surface area contributed by atoms with Crippen LogP contribution >= 0.6 is 0 Å². The topological polar surface area (TPSA) is 98.9 Å². The second kappa shape index (κ2) is 10.2. The van der Waals surface area contributed by atoms with Gasteiger partial charge in [-0.2, -0.15) is 5.10 Å². The number of hydrogen-bond acceptors (Lipinski definition) is 9. The fourth-order valence-electron chi connectivity index (χ4n) is 4.72. The summed E-state index contributed by atoms with van der Waals surface area (Å²) in [7, 11) is -1.31. The van der Waals surface area contributed by atoms with Gasteiger partial charge in [0.25, 0.3) is 11.8 Å². The first-order valence-corrected chi connectivity index (χ1v) is 12.5. The maximum absolute atomic E-state index is 15.0. The number of ether oxygens (including phenoxy) is 3. The molecule has 5 heterocycles. The second-order valence-electron chi connectivity index (χ2n) is 9.64. The number of rotatable bonds is 7. The molecule has 0 amide bonds. The molecule has 1 atom stereocenters. The minimum atomic E-state index is -3.22. The van der Waals surface area contributed by atoms with Gasteiger partial charge in [-0.15, -0.1) is 0 Å². The van der Waals surface area contributed by atoms with Crippen LogP contribution < -0.4 is 19.5 Å². The van der Waals surface area contributed by atoms with Gasteiger partial charge < -0.3 is 24.4 Å². The summed E-state index contributed by atoms with van der Waals surface area (Å²) in [6.45, 7) is 1.71. The summed E-state index contributed by atoms with van der Waals surface area (Å²) in [5.74, 6) is -2.57. The number of anilines is 2. The van der Waals surface area contributed by atoms with Crippen molar-refractivity contribution in [2.75, 3.05) is 32.5 Å². The normalized spacial score (nSPS) is 18.6. The summed E-state index contributed by atoms with van der Waals surface area (Å²) in [5.41, 5.74) is 2.57. The molecular formula is C28H27F2N7O3. The first-order valence-electron chi connectivity index (χ1n) is 14.0. The van der Waals surface area contributed by atoms with E-state index in [1.165, 1.54) is 17.4 Å². The number of pyridine rings is 2. The van der Waals surface area contributed by atoms with Crippen LogP contribution in [0.3, 0.4) is 0 Å². The molecule has 1 aliphatic rings. The molecule has 0 radical (unpaired) electrons. The summed E-state index contributed by atoms with van der Waals surface area (Å²) >= 11 is 0. The lowest BCUT2D eigenvalue weighted by Gasteiger charge is -2.36. The lowest BCUT2D eigenvalue weighted by atomic mass is 10.0. The Morgan fingerprint density at radius 2 is 2.05 bits per heavy atom.